The quantitative estimate of drug-likeness (QED) is 0.159. The molecule has 0 aromatic heterocycles. The Bertz CT molecular complexity index is 1720. The minimum atomic E-state index is -1.64. The molecule has 1 aliphatic heterocycles. The van der Waals surface area contributed by atoms with E-state index in [1.807, 2.05) is 8.70 Å². The monoisotopic (exact) mass is 1050 g/mol. The van der Waals surface area contributed by atoms with Gasteiger partial charge in [-0.05, 0) is 0 Å². The molecule has 1 saturated heterocycles. The Morgan fingerprint density at radius 1 is 0.212 bits per heavy atom. The SMILES string of the molecule is c1ccc([As]2CCCCCCCCCC[As](c3ccccc3)[As](c3ccccc3)[As](c3ccccc3)[As](c3ccccc3)[As]2c2ccccc2)cc1. The predicted molar refractivity (Wildman–Crippen MR) is 238 cm³/mol. The summed E-state index contributed by atoms with van der Waals surface area (Å²) in [5.41, 5.74) is 0. The van der Waals surface area contributed by atoms with E-state index >= 15 is 0 Å². The zero-order valence-corrected chi connectivity index (χ0v) is 41.3. The van der Waals surface area contributed by atoms with E-state index in [0.29, 0.717) is 0 Å². The molecule has 6 aromatic carbocycles. The van der Waals surface area contributed by atoms with Crippen LogP contribution in [0.4, 0.5) is 0 Å². The van der Waals surface area contributed by atoms with Crippen LogP contribution in [-0.2, 0) is 0 Å². The van der Waals surface area contributed by atoms with Crippen molar-refractivity contribution in [3.05, 3.63) is 182 Å². The predicted octanol–water partition coefficient (Wildman–Crippen LogP) is 6.92. The molecule has 0 saturated carbocycles. The van der Waals surface area contributed by atoms with Gasteiger partial charge in [0.05, 0.1) is 0 Å². The molecule has 0 amide bonds. The Morgan fingerprint density at radius 2 is 0.423 bits per heavy atom. The molecule has 6 heteroatoms. The molecule has 6 atom stereocenters. The molecule has 0 aliphatic carbocycles. The first-order chi connectivity index (χ1) is 25.9. The Hall–Kier alpha value is -1.33. The third kappa shape index (κ3) is 10.3. The number of hydrogen-bond acceptors (Lipinski definition) is 0. The average molecular weight is 1050 g/mol. The van der Waals surface area contributed by atoms with Crippen LogP contribution in [0.1, 0.15) is 51.4 Å². The van der Waals surface area contributed by atoms with E-state index in [9.17, 15) is 0 Å². The van der Waals surface area contributed by atoms with E-state index in [1.165, 1.54) is 61.8 Å². The second-order valence-electron chi connectivity index (χ2n) is 13.2. The molecule has 1 heterocycles. The first-order valence-corrected chi connectivity index (χ1v) is 53.2. The van der Waals surface area contributed by atoms with Gasteiger partial charge in [0.15, 0.2) is 0 Å². The van der Waals surface area contributed by atoms with Crippen molar-refractivity contribution < 1.29 is 0 Å². The van der Waals surface area contributed by atoms with Gasteiger partial charge in [-0.3, -0.25) is 0 Å². The summed E-state index contributed by atoms with van der Waals surface area (Å²) in [7, 11) is -6.43. The van der Waals surface area contributed by atoms with Crippen molar-refractivity contribution in [1.82, 2.24) is 0 Å². The van der Waals surface area contributed by atoms with Crippen molar-refractivity contribution in [2.24, 2.45) is 0 Å². The second kappa shape index (κ2) is 21.1. The van der Waals surface area contributed by atoms with Gasteiger partial charge in [0.25, 0.3) is 0 Å². The molecule has 1 fully saturated rings. The molecule has 0 N–H and O–H groups in total. The summed E-state index contributed by atoms with van der Waals surface area (Å²) in [5, 5.41) is 2.97. The van der Waals surface area contributed by atoms with Crippen LogP contribution in [0.25, 0.3) is 0 Å². The fourth-order valence-electron chi connectivity index (χ4n) is 7.00. The first-order valence-electron chi connectivity index (χ1n) is 18.9. The van der Waals surface area contributed by atoms with Gasteiger partial charge in [-0.2, -0.15) is 0 Å². The number of rotatable bonds is 6. The van der Waals surface area contributed by atoms with Crippen LogP contribution in [0.15, 0.2) is 182 Å². The Labute approximate surface area is 333 Å². The molecule has 0 bridgehead atoms. The van der Waals surface area contributed by atoms with Gasteiger partial charge in [0.2, 0.25) is 0 Å². The van der Waals surface area contributed by atoms with Crippen LogP contribution in [0.2, 0.25) is 10.4 Å². The molecule has 0 nitrogen and oxygen atoms in total. The summed E-state index contributed by atoms with van der Waals surface area (Å²) in [6, 6.07) is 73.7. The fraction of sp³-hybridized carbons (Fsp3) is 0.217. The Morgan fingerprint density at radius 3 is 0.692 bits per heavy atom. The van der Waals surface area contributed by atoms with Gasteiger partial charge in [-0.15, -0.1) is 0 Å². The second-order valence-corrected chi connectivity index (χ2v) is 106. The maximum atomic E-state index is 2.64. The normalized spacial score (nSPS) is 23.8. The zero-order chi connectivity index (χ0) is 35.2. The van der Waals surface area contributed by atoms with Gasteiger partial charge in [0, 0.05) is 0 Å². The van der Waals surface area contributed by atoms with Crippen molar-refractivity contribution in [3.8, 4) is 0 Å². The number of hydrogen-bond donors (Lipinski definition) is 0. The van der Waals surface area contributed by atoms with Crippen LogP contribution in [0.5, 0.6) is 0 Å². The van der Waals surface area contributed by atoms with E-state index < -0.39 is 67.2 Å². The summed E-state index contributed by atoms with van der Waals surface area (Å²) in [5.74, 6) is 0. The molecule has 1 aliphatic rings. The standard InChI is InChI=1S/C46H50As6/c1-2-4-6-26-40-48(42-29-15-8-16-30-42)50(44-33-19-10-20-34-44)52(46-37-23-12-24-38-46)51(45-35-21-11-22-36-45)49(43-31-17-9-18-32-43)47(39-25-5-3-1)41-27-13-7-14-28-41/h7-24,27-38H,1-6,25-26,39-40H2. The number of benzene rings is 6. The van der Waals surface area contributed by atoms with Crippen molar-refractivity contribution >= 4 is 93.4 Å². The van der Waals surface area contributed by atoms with Crippen molar-refractivity contribution in [2.45, 2.75) is 61.8 Å². The minimum absolute atomic E-state index is 1.42. The Balaban J connectivity index is 1.54. The molecule has 7 rings (SSSR count). The molecular weight excluding hydrogens is 1000 g/mol. The van der Waals surface area contributed by atoms with Gasteiger partial charge in [-0.25, -0.2) is 0 Å². The zero-order valence-electron chi connectivity index (χ0n) is 30.1. The van der Waals surface area contributed by atoms with Crippen LogP contribution in [0.3, 0.4) is 0 Å². The van der Waals surface area contributed by atoms with Gasteiger partial charge < -0.3 is 0 Å². The summed E-state index contributed by atoms with van der Waals surface area (Å²) in [6.45, 7) is 0. The van der Waals surface area contributed by atoms with Gasteiger partial charge in [-0.1, -0.05) is 0 Å². The summed E-state index contributed by atoms with van der Waals surface area (Å²) in [6.07, 6.45) is 11.4. The third-order valence-electron chi connectivity index (χ3n) is 9.54. The van der Waals surface area contributed by atoms with Gasteiger partial charge in [0.1, 0.15) is 0 Å². The average Bonchev–Trinajstić information content (AvgIpc) is 3.22. The van der Waals surface area contributed by atoms with Crippen molar-refractivity contribution in [3.63, 3.8) is 0 Å². The van der Waals surface area contributed by atoms with Gasteiger partial charge >= 0.3 is 337 Å². The van der Waals surface area contributed by atoms with E-state index in [4.69, 9.17) is 0 Å². The summed E-state index contributed by atoms with van der Waals surface area (Å²) >= 11 is -2.90. The molecule has 52 heavy (non-hydrogen) atoms. The van der Waals surface area contributed by atoms with Crippen LogP contribution < -0.4 is 26.1 Å². The van der Waals surface area contributed by atoms with Crippen LogP contribution >= 0.6 is 0 Å². The topological polar surface area (TPSA) is 0 Å². The molecule has 6 aromatic rings. The molecule has 6 unspecified atom stereocenters. The van der Waals surface area contributed by atoms with E-state index in [1.54, 1.807) is 17.4 Å². The first kappa shape index (κ1) is 38.9. The van der Waals surface area contributed by atoms with Crippen LogP contribution in [0, 0.1) is 0 Å². The van der Waals surface area contributed by atoms with E-state index in [-0.39, 0.29) is 0 Å². The molecule has 0 radical (unpaired) electrons. The summed E-state index contributed by atoms with van der Waals surface area (Å²) in [4.78, 5) is 0. The summed E-state index contributed by atoms with van der Waals surface area (Å²) < 4.78 is 10.8. The molecular formula is C46H50As6. The maximum absolute atomic E-state index is 2.64. The third-order valence-corrected chi connectivity index (χ3v) is 217. The van der Waals surface area contributed by atoms with E-state index in [2.05, 4.69) is 182 Å². The Kier molecular flexibility index (Phi) is 15.8. The van der Waals surface area contributed by atoms with Crippen molar-refractivity contribution in [2.75, 3.05) is 0 Å². The van der Waals surface area contributed by atoms with Crippen LogP contribution in [-0.4, -0.2) is 67.2 Å². The van der Waals surface area contributed by atoms with E-state index in [0.717, 1.165) is 0 Å². The molecule has 264 valence electrons. The fourth-order valence-corrected chi connectivity index (χ4v) is 411. The van der Waals surface area contributed by atoms with Crippen molar-refractivity contribution in [1.29, 1.82) is 0 Å². The molecule has 0 spiro atoms.